The van der Waals surface area contributed by atoms with E-state index in [1.54, 1.807) is 10.9 Å². The number of rotatable bonds is 5. The van der Waals surface area contributed by atoms with E-state index in [1.807, 2.05) is 37.3 Å². The Labute approximate surface area is 153 Å². The predicted molar refractivity (Wildman–Crippen MR) is 98.3 cm³/mol. The predicted octanol–water partition coefficient (Wildman–Crippen LogP) is 1.68. The van der Waals surface area contributed by atoms with Crippen LogP contribution >= 0.6 is 11.6 Å². The molecule has 1 saturated heterocycles. The summed E-state index contributed by atoms with van der Waals surface area (Å²) in [6.45, 7) is 4.11. The van der Waals surface area contributed by atoms with E-state index < -0.39 is 0 Å². The second-order valence-corrected chi connectivity index (χ2v) is 6.83. The molecule has 1 fully saturated rings. The zero-order valence-electron chi connectivity index (χ0n) is 14.7. The summed E-state index contributed by atoms with van der Waals surface area (Å²) in [5, 5.41) is 8.04. The second kappa shape index (κ2) is 7.99. The minimum absolute atomic E-state index is 0.113. The van der Waals surface area contributed by atoms with Crippen LogP contribution in [-0.2, 0) is 18.4 Å². The molecule has 1 unspecified atom stereocenters. The third-order valence-electron chi connectivity index (χ3n) is 4.60. The Morgan fingerprint density at radius 3 is 2.48 bits per heavy atom. The number of nitrogens with one attached hydrogen (secondary N) is 1. The molecule has 2 heterocycles. The summed E-state index contributed by atoms with van der Waals surface area (Å²) in [6.07, 6.45) is 3.63. The minimum atomic E-state index is -0.337. The van der Waals surface area contributed by atoms with Crippen LogP contribution in [0.3, 0.4) is 0 Å². The van der Waals surface area contributed by atoms with E-state index in [9.17, 15) is 4.79 Å². The monoisotopic (exact) mass is 361 g/mol. The van der Waals surface area contributed by atoms with Crippen LogP contribution in [0, 0.1) is 0 Å². The molecule has 1 aromatic carbocycles. The number of aromatic nitrogens is 2. The molecule has 2 aromatic rings. The van der Waals surface area contributed by atoms with Crippen LogP contribution in [0.15, 0.2) is 36.7 Å². The topological polar surface area (TPSA) is 53.4 Å². The van der Waals surface area contributed by atoms with Crippen LogP contribution in [0.1, 0.15) is 17.2 Å². The van der Waals surface area contributed by atoms with Crippen LogP contribution in [0.4, 0.5) is 0 Å². The molecule has 0 radical (unpaired) electrons. The van der Waals surface area contributed by atoms with E-state index in [-0.39, 0.29) is 11.9 Å². The van der Waals surface area contributed by atoms with Gasteiger partial charge in [-0.2, -0.15) is 5.10 Å². The summed E-state index contributed by atoms with van der Waals surface area (Å²) in [7, 11) is 3.67. The van der Waals surface area contributed by atoms with Crippen molar-refractivity contribution < 1.29 is 4.79 Å². The highest BCUT2D eigenvalue weighted by Gasteiger charge is 2.28. The normalized spacial score (nSPS) is 16.8. The maximum Gasteiger partial charge on any atom is 0.244 e. The van der Waals surface area contributed by atoms with Gasteiger partial charge in [-0.25, -0.2) is 0 Å². The van der Waals surface area contributed by atoms with E-state index in [1.165, 1.54) is 5.56 Å². The van der Waals surface area contributed by atoms with Crippen molar-refractivity contribution in [3.05, 3.63) is 52.8 Å². The highest BCUT2D eigenvalue weighted by atomic mass is 35.5. The fraction of sp³-hybridized carbons (Fsp3) is 0.444. The molecule has 1 amide bonds. The van der Waals surface area contributed by atoms with Crippen molar-refractivity contribution in [3.8, 4) is 0 Å². The van der Waals surface area contributed by atoms with Crippen molar-refractivity contribution in [1.29, 1.82) is 0 Å². The zero-order valence-corrected chi connectivity index (χ0v) is 15.4. The molecule has 1 aliphatic rings. The smallest absolute Gasteiger partial charge is 0.244 e. The number of amides is 1. The summed E-state index contributed by atoms with van der Waals surface area (Å²) in [5.41, 5.74) is 2.14. The van der Waals surface area contributed by atoms with Gasteiger partial charge in [0.15, 0.2) is 0 Å². The fourth-order valence-corrected chi connectivity index (χ4v) is 3.30. The lowest BCUT2D eigenvalue weighted by Gasteiger charge is -2.36. The molecular weight excluding hydrogens is 338 g/mol. The second-order valence-electron chi connectivity index (χ2n) is 6.40. The van der Waals surface area contributed by atoms with Gasteiger partial charge in [-0.05, 0) is 24.7 Å². The number of carbonyl (C=O) groups excluding carboxylic acids is 1. The summed E-state index contributed by atoms with van der Waals surface area (Å²) in [5.74, 6) is 0.113. The average molecular weight is 362 g/mol. The molecule has 1 aliphatic heterocycles. The van der Waals surface area contributed by atoms with Gasteiger partial charge in [-0.3, -0.25) is 14.4 Å². The minimum Gasteiger partial charge on any atom is -0.338 e. The van der Waals surface area contributed by atoms with E-state index in [4.69, 9.17) is 11.6 Å². The summed E-state index contributed by atoms with van der Waals surface area (Å²) >= 11 is 5.93. The van der Waals surface area contributed by atoms with Crippen molar-refractivity contribution in [3.63, 3.8) is 0 Å². The standard InChI is InChI=1S/C18H24ClN5O/c1-20-17(15-11-21-22(2)13-15)18(25)24-9-7-23(8-10-24)12-14-3-5-16(19)6-4-14/h3-6,11,13,17,20H,7-10,12H2,1-2H3. The molecule has 134 valence electrons. The highest BCUT2D eigenvalue weighted by Crippen LogP contribution is 2.17. The summed E-state index contributed by atoms with van der Waals surface area (Å²) in [6, 6.07) is 7.61. The van der Waals surface area contributed by atoms with Crippen molar-refractivity contribution in [2.45, 2.75) is 12.6 Å². The van der Waals surface area contributed by atoms with E-state index in [0.717, 1.165) is 43.3 Å². The molecule has 1 aromatic heterocycles. The molecule has 0 saturated carbocycles. The molecule has 6 nitrogen and oxygen atoms in total. The Kier molecular flexibility index (Phi) is 5.73. The van der Waals surface area contributed by atoms with Crippen LogP contribution in [0.5, 0.6) is 0 Å². The first-order valence-corrected chi connectivity index (χ1v) is 8.86. The lowest BCUT2D eigenvalue weighted by atomic mass is 10.1. The van der Waals surface area contributed by atoms with E-state index in [0.29, 0.717) is 0 Å². The van der Waals surface area contributed by atoms with Gasteiger partial charge in [0, 0.05) is 56.6 Å². The third kappa shape index (κ3) is 4.39. The van der Waals surface area contributed by atoms with Gasteiger partial charge >= 0.3 is 0 Å². The molecule has 0 bridgehead atoms. The quantitative estimate of drug-likeness (QED) is 0.880. The van der Waals surface area contributed by atoms with Crippen molar-refractivity contribution in [2.75, 3.05) is 33.2 Å². The summed E-state index contributed by atoms with van der Waals surface area (Å²) < 4.78 is 1.72. The Morgan fingerprint density at radius 2 is 1.92 bits per heavy atom. The SMILES string of the molecule is CNC(C(=O)N1CCN(Cc2ccc(Cl)cc2)CC1)c1cnn(C)c1. The Bertz CT molecular complexity index is 707. The first kappa shape index (κ1) is 17.9. The Balaban J connectivity index is 1.55. The van der Waals surface area contributed by atoms with Gasteiger partial charge in [0.25, 0.3) is 0 Å². The number of nitrogens with zero attached hydrogens (tertiary/aromatic N) is 4. The van der Waals surface area contributed by atoms with Crippen LogP contribution in [-0.4, -0.2) is 58.7 Å². The number of likely N-dealkylation sites (N-methyl/N-ethyl adjacent to an activating group) is 1. The fourth-order valence-electron chi connectivity index (χ4n) is 3.18. The average Bonchev–Trinajstić information content (AvgIpc) is 3.04. The van der Waals surface area contributed by atoms with E-state index >= 15 is 0 Å². The first-order valence-electron chi connectivity index (χ1n) is 8.48. The van der Waals surface area contributed by atoms with Gasteiger partial charge in [-0.15, -0.1) is 0 Å². The van der Waals surface area contributed by atoms with Gasteiger partial charge in [0.1, 0.15) is 6.04 Å². The molecule has 7 heteroatoms. The molecule has 1 N–H and O–H groups in total. The molecule has 1 atom stereocenters. The maximum absolute atomic E-state index is 12.8. The lowest BCUT2D eigenvalue weighted by molar-refractivity contribution is -0.135. The third-order valence-corrected chi connectivity index (χ3v) is 4.85. The number of hydrogen-bond acceptors (Lipinski definition) is 4. The summed E-state index contributed by atoms with van der Waals surface area (Å²) in [4.78, 5) is 17.1. The number of benzene rings is 1. The van der Waals surface area contributed by atoms with Crippen molar-refractivity contribution in [2.24, 2.45) is 7.05 Å². The molecule has 0 spiro atoms. The highest BCUT2D eigenvalue weighted by molar-refractivity contribution is 6.30. The lowest BCUT2D eigenvalue weighted by Crippen LogP contribution is -2.51. The largest absolute Gasteiger partial charge is 0.338 e. The molecule has 0 aliphatic carbocycles. The van der Waals surface area contributed by atoms with Gasteiger partial charge in [0.2, 0.25) is 5.91 Å². The zero-order chi connectivity index (χ0) is 17.8. The van der Waals surface area contributed by atoms with Crippen LogP contribution < -0.4 is 5.32 Å². The number of piperazine rings is 1. The van der Waals surface area contributed by atoms with Crippen LogP contribution in [0.25, 0.3) is 0 Å². The molecular formula is C18H24ClN5O. The van der Waals surface area contributed by atoms with Gasteiger partial charge in [-0.1, -0.05) is 23.7 Å². The Morgan fingerprint density at radius 1 is 1.24 bits per heavy atom. The van der Waals surface area contributed by atoms with Crippen molar-refractivity contribution >= 4 is 17.5 Å². The van der Waals surface area contributed by atoms with Gasteiger partial charge in [0.05, 0.1) is 6.20 Å². The number of carbonyl (C=O) groups is 1. The maximum atomic E-state index is 12.8. The first-order chi connectivity index (χ1) is 12.1. The number of aryl methyl sites for hydroxylation is 1. The van der Waals surface area contributed by atoms with Gasteiger partial charge < -0.3 is 10.2 Å². The Hall–Kier alpha value is -1.89. The molecule has 25 heavy (non-hydrogen) atoms. The van der Waals surface area contributed by atoms with E-state index in [2.05, 4.69) is 27.4 Å². The molecule has 3 rings (SSSR count). The number of halogens is 1. The van der Waals surface area contributed by atoms with Crippen molar-refractivity contribution in [1.82, 2.24) is 24.9 Å². The van der Waals surface area contributed by atoms with Crippen LogP contribution in [0.2, 0.25) is 5.02 Å². The number of hydrogen-bond donors (Lipinski definition) is 1.